The lowest BCUT2D eigenvalue weighted by Gasteiger charge is -2.46. The van der Waals surface area contributed by atoms with Crippen molar-refractivity contribution in [1.29, 1.82) is 0 Å². The predicted octanol–water partition coefficient (Wildman–Crippen LogP) is 1.56. The lowest BCUT2D eigenvalue weighted by molar-refractivity contribution is -0.304. The normalized spacial score (nSPS) is 43.6. The third kappa shape index (κ3) is 11.7. The number of methoxy groups -OCH3 is 2. The Bertz CT molecular complexity index is 1260. The highest BCUT2D eigenvalue weighted by atomic mass is 16.7. The van der Waals surface area contributed by atoms with Crippen molar-refractivity contribution in [2.45, 2.75) is 147 Å². The zero-order chi connectivity index (χ0) is 40.4. The molecule has 15 heteroatoms. The maximum absolute atomic E-state index is 13.6. The monoisotopic (exact) mass is 771 g/mol. The number of carbonyl (C=O) groups is 3. The molecular weight excluding hydrogens is 706 g/mol. The average Bonchev–Trinajstić information content (AvgIpc) is 3.12. The summed E-state index contributed by atoms with van der Waals surface area (Å²) in [4.78, 5) is 40.8. The van der Waals surface area contributed by atoms with Crippen LogP contribution in [0.2, 0.25) is 0 Å². The van der Waals surface area contributed by atoms with E-state index in [0.717, 1.165) is 6.29 Å². The third-order valence-electron chi connectivity index (χ3n) is 11.1. The Morgan fingerprint density at radius 3 is 2.11 bits per heavy atom. The van der Waals surface area contributed by atoms with Crippen LogP contribution in [0.25, 0.3) is 0 Å². The largest absolute Gasteiger partial charge is 0.462 e. The van der Waals surface area contributed by atoms with Crippen LogP contribution in [0.5, 0.6) is 0 Å². The van der Waals surface area contributed by atoms with Gasteiger partial charge in [-0.05, 0) is 59.7 Å². The molecule has 0 aromatic rings. The maximum atomic E-state index is 13.6. The van der Waals surface area contributed by atoms with Crippen LogP contribution in [0.15, 0.2) is 23.8 Å². The number of allylic oxidation sites excluding steroid dienone is 3. The highest BCUT2D eigenvalue weighted by Crippen LogP contribution is 2.35. The molecule has 0 aromatic carbocycles. The summed E-state index contributed by atoms with van der Waals surface area (Å²) in [6.07, 6.45) is -5.36. The highest BCUT2D eigenvalue weighted by Gasteiger charge is 2.48. The minimum atomic E-state index is -1.31. The second-order valence-electron chi connectivity index (χ2n) is 15.4. The zero-order valence-corrected chi connectivity index (χ0v) is 33.5. The molecule has 54 heavy (non-hydrogen) atoms. The molecule has 3 aliphatic heterocycles. The number of aliphatic hydroxyl groups is 4. The van der Waals surface area contributed by atoms with Gasteiger partial charge in [0, 0.05) is 38.4 Å². The van der Waals surface area contributed by atoms with E-state index in [1.807, 2.05) is 19.9 Å². The van der Waals surface area contributed by atoms with Gasteiger partial charge < -0.3 is 63.3 Å². The molecule has 0 saturated carbocycles. The Morgan fingerprint density at radius 2 is 1.52 bits per heavy atom. The van der Waals surface area contributed by atoms with Crippen LogP contribution in [0.4, 0.5) is 0 Å². The number of rotatable bonds is 11. The Balaban J connectivity index is 1.96. The number of nitrogens with zero attached hydrogens (tertiary/aromatic N) is 1. The molecule has 0 aromatic heterocycles. The highest BCUT2D eigenvalue weighted by molar-refractivity contribution is 5.91. The third-order valence-corrected chi connectivity index (χ3v) is 11.1. The van der Waals surface area contributed by atoms with E-state index in [4.69, 9.17) is 33.2 Å². The number of aldehydes is 1. The number of esters is 1. The van der Waals surface area contributed by atoms with Gasteiger partial charge in [-0.25, -0.2) is 0 Å². The molecule has 0 spiro atoms. The van der Waals surface area contributed by atoms with Crippen LogP contribution < -0.4 is 0 Å². The summed E-state index contributed by atoms with van der Waals surface area (Å²) < 4.78 is 41.6. The molecule has 0 unspecified atom stereocenters. The minimum absolute atomic E-state index is 0.0120. The lowest BCUT2D eigenvalue weighted by atomic mass is 9.79. The number of hydrogen-bond acceptors (Lipinski definition) is 15. The fraction of sp³-hybridized carbons (Fsp3) is 0.821. The number of carbonyl (C=O) groups excluding carboxylic acids is 3. The second kappa shape index (κ2) is 21.4. The molecule has 3 rings (SSSR count). The second-order valence-corrected chi connectivity index (χ2v) is 15.4. The van der Waals surface area contributed by atoms with E-state index in [0.29, 0.717) is 12.0 Å². The van der Waals surface area contributed by atoms with Crippen LogP contribution in [0.1, 0.15) is 67.2 Å². The van der Waals surface area contributed by atoms with E-state index in [-0.39, 0.29) is 25.2 Å². The summed E-state index contributed by atoms with van der Waals surface area (Å²) in [5, 5.41) is 44.2. The molecule has 310 valence electrons. The molecule has 0 radical (unpaired) electrons. The molecule has 3 heterocycles. The molecule has 0 aliphatic carbocycles. The summed E-state index contributed by atoms with van der Waals surface area (Å²) in [6, 6.07) is -0.740. The predicted molar refractivity (Wildman–Crippen MR) is 196 cm³/mol. The topological polar surface area (TPSA) is 200 Å². The Kier molecular flexibility index (Phi) is 18.3. The number of ketones is 1. The lowest BCUT2D eigenvalue weighted by Crippen LogP contribution is -2.63. The molecule has 2 saturated heterocycles. The summed E-state index contributed by atoms with van der Waals surface area (Å²) in [5.41, 5.74) is 0.701. The average molecular weight is 772 g/mol. The van der Waals surface area contributed by atoms with Crippen molar-refractivity contribution < 1.29 is 68.0 Å². The van der Waals surface area contributed by atoms with Crippen molar-refractivity contribution in [3.8, 4) is 0 Å². The van der Waals surface area contributed by atoms with Crippen LogP contribution in [-0.4, -0.2) is 158 Å². The van der Waals surface area contributed by atoms with Gasteiger partial charge in [-0.3, -0.25) is 9.59 Å². The Labute approximate surface area is 319 Å². The first-order chi connectivity index (χ1) is 25.5. The van der Waals surface area contributed by atoms with Gasteiger partial charge in [0.25, 0.3) is 0 Å². The number of hydrogen-bond donors (Lipinski definition) is 4. The first kappa shape index (κ1) is 46.2. The van der Waals surface area contributed by atoms with Gasteiger partial charge in [0.2, 0.25) is 0 Å². The molecule has 4 N–H and O–H groups in total. The van der Waals surface area contributed by atoms with E-state index in [2.05, 4.69) is 0 Å². The van der Waals surface area contributed by atoms with E-state index >= 15 is 0 Å². The molecular formula is C39H65NO14. The van der Waals surface area contributed by atoms with Crippen molar-refractivity contribution in [1.82, 2.24) is 4.90 Å². The number of ether oxygens (including phenoxy) is 7. The number of likely N-dealkylation sites (N-methyl/N-ethyl adjacent to an activating group) is 1. The number of cyclic esters (lactones) is 1. The van der Waals surface area contributed by atoms with Crippen molar-refractivity contribution >= 4 is 18.0 Å². The van der Waals surface area contributed by atoms with Crippen molar-refractivity contribution in [3.63, 3.8) is 0 Å². The van der Waals surface area contributed by atoms with Gasteiger partial charge in [-0.15, -0.1) is 0 Å². The van der Waals surface area contributed by atoms with E-state index in [1.54, 1.807) is 52.8 Å². The summed E-state index contributed by atoms with van der Waals surface area (Å²) in [7, 11) is 6.36. The molecule has 17 atom stereocenters. The van der Waals surface area contributed by atoms with Gasteiger partial charge in [0.15, 0.2) is 18.4 Å². The minimum Gasteiger partial charge on any atom is -0.462 e. The molecule has 0 amide bonds. The van der Waals surface area contributed by atoms with Crippen LogP contribution in [0.3, 0.4) is 0 Å². The smallest absolute Gasteiger partial charge is 0.308 e. The van der Waals surface area contributed by atoms with E-state index in [1.165, 1.54) is 20.3 Å². The van der Waals surface area contributed by atoms with Crippen LogP contribution in [0, 0.1) is 23.7 Å². The van der Waals surface area contributed by atoms with Gasteiger partial charge in [-0.1, -0.05) is 38.5 Å². The molecule has 2 fully saturated rings. The van der Waals surface area contributed by atoms with Crippen LogP contribution in [-0.2, 0) is 47.5 Å². The first-order valence-electron chi connectivity index (χ1n) is 19.0. The molecule has 3 aliphatic rings. The van der Waals surface area contributed by atoms with Gasteiger partial charge in [-0.2, -0.15) is 0 Å². The number of aliphatic hydroxyl groups excluding tert-OH is 4. The van der Waals surface area contributed by atoms with Crippen molar-refractivity contribution in [3.05, 3.63) is 23.8 Å². The van der Waals surface area contributed by atoms with Gasteiger partial charge in [0.05, 0.1) is 49.6 Å². The van der Waals surface area contributed by atoms with Gasteiger partial charge in [0.1, 0.15) is 36.8 Å². The summed E-state index contributed by atoms with van der Waals surface area (Å²) in [5.74, 6) is -3.37. The maximum Gasteiger partial charge on any atom is 0.308 e. The standard InChI is InChI=1S/C39H65NO14/c1-11-29-26(19-50-39-37(49-10)36(48-9)33(46)24(6)52-39)16-20(2)12-13-27(42)21(3)17-25(14-15-41)35(22(4)28(43)18-30(44)53-29)54-38-34(47)31(40(7)8)32(45)23(5)51-38/h12-13,15-16,21-26,28-29,31-39,43,45-47H,11,14,17-19H2,1-10H3/b13-12+,20-16+/t21-,22+,23-,24-,25+,26-,28-,29-,31+,32-,33-,34-,35-,36+,37-,38+,39-/m1/s1. The first-order valence-corrected chi connectivity index (χ1v) is 19.0. The zero-order valence-electron chi connectivity index (χ0n) is 33.5. The van der Waals surface area contributed by atoms with Crippen molar-refractivity contribution in [2.75, 3.05) is 34.9 Å². The molecule has 15 nitrogen and oxygen atoms in total. The fourth-order valence-corrected chi connectivity index (χ4v) is 7.76. The van der Waals surface area contributed by atoms with Gasteiger partial charge >= 0.3 is 5.97 Å². The summed E-state index contributed by atoms with van der Waals surface area (Å²) in [6.45, 7) is 10.5. The fourth-order valence-electron chi connectivity index (χ4n) is 7.76. The Morgan fingerprint density at radius 1 is 0.889 bits per heavy atom. The molecule has 0 bridgehead atoms. The Hall–Kier alpha value is -2.15. The van der Waals surface area contributed by atoms with Crippen LogP contribution >= 0.6 is 0 Å². The van der Waals surface area contributed by atoms with Crippen molar-refractivity contribution in [2.24, 2.45) is 23.7 Å². The van der Waals surface area contributed by atoms with E-state index < -0.39 is 116 Å². The SMILES string of the molecule is CC[C@H]1OC(=O)C[C@@H](O)[C@H](C)[C@@H](O[C@@H]2O[C@H](C)[C@@H](O)[C@H](N(C)C)[C@H]2O)[C@@H](CC=O)C[C@@H](C)C(=O)/C=C/C(C)=C/[C@@H]1CO[C@@H]1O[C@H](C)[C@@H](O)[C@H](OC)[C@H]1OC. The van der Waals surface area contributed by atoms with E-state index in [9.17, 15) is 34.8 Å². The summed E-state index contributed by atoms with van der Waals surface area (Å²) >= 11 is 0. The quantitative estimate of drug-likeness (QED) is 0.174.